The Morgan fingerprint density at radius 2 is 2.20 bits per heavy atom. The quantitative estimate of drug-likeness (QED) is 0.845. The molecule has 1 saturated heterocycles. The first-order chi connectivity index (χ1) is 12.1. The number of hydrogen-bond acceptors (Lipinski definition) is 5. The molecule has 4 rings (SSSR count). The SMILES string of the molecule is Cn1cccc(C(=O)N2CCCC(Cc3nc(C4CC4)no3)C2)c1=O. The number of aryl methyl sites for hydroxylation is 1. The molecule has 2 aromatic heterocycles. The van der Waals surface area contributed by atoms with Crippen LogP contribution in [0.25, 0.3) is 0 Å². The summed E-state index contributed by atoms with van der Waals surface area (Å²) in [5.74, 6) is 2.08. The average Bonchev–Trinajstić information content (AvgIpc) is 3.37. The van der Waals surface area contributed by atoms with E-state index in [1.54, 1.807) is 30.3 Å². The zero-order chi connectivity index (χ0) is 17.4. The molecule has 3 heterocycles. The molecule has 2 aliphatic rings. The molecule has 7 nitrogen and oxygen atoms in total. The predicted molar refractivity (Wildman–Crippen MR) is 90.3 cm³/mol. The highest BCUT2D eigenvalue weighted by Gasteiger charge is 2.30. The lowest BCUT2D eigenvalue weighted by atomic mass is 9.94. The summed E-state index contributed by atoms with van der Waals surface area (Å²) in [6.45, 7) is 1.31. The van der Waals surface area contributed by atoms with Crippen molar-refractivity contribution in [2.45, 2.75) is 38.0 Å². The summed E-state index contributed by atoms with van der Waals surface area (Å²) in [7, 11) is 1.66. The van der Waals surface area contributed by atoms with E-state index in [0.29, 0.717) is 31.3 Å². The molecule has 0 radical (unpaired) electrons. The molecule has 0 aromatic carbocycles. The number of likely N-dealkylation sites (tertiary alicyclic amines) is 1. The molecule has 1 aliphatic carbocycles. The number of rotatable bonds is 4. The number of nitrogens with zero attached hydrogens (tertiary/aromatic N) is 4. The van der Waals surface area contributed by atoms with Crippen LogP contribution in [0.5, 0.6) is 0 Å². The molecular weight excluding hydrogens is 320 g/mol. The minimum atomic E-state index is -0.249. The third-order valence-electron chi connectivity index (χ3n) is 5.05. The lowest BCUT2D eigenvalue weighted by molar-refractivity contribution is 0.0665. The van der Waals surface area contributed by atoms with E-state index in [1.165, 1.54) is 4.57 Å². The Kier molecular flexibility index (Phi) is 4.15. The van der Waals surface area contributed by atoms with Gasteiger partial charge in [-0.1, -0.05) is 5.16 Å². The molecule has 1 unspecified atom stereocenters. The van der Waals surface area contributed by atoms with Crippen molar-refractivity contribution in [2.24, 2.45) is 13.0 Å². The van der Waals surface area contributed by atoms with Crippen molar-refractivity contribution in [3.8, 4) is 0 Å². The number of pyridine rings is 1. The van der Waals surface area contributed by atoms with Crippen LogP contribution >= 0.6 is 0 Å². The van der Waals surface area contributed by atoms with Gasteiger partial charge in [0.15, 0.2) is 5.82 Å². The third-order valence-corrected chi connectivity index (χ3v) is 5.05. The molecule has 1 atom stereocenters. The zero-order valence-corrected chi connectivity index (χ0v) is 14.4. The van der Waals surface area contributed by atoms with Crippen LogP contribution in [0.2, 0.25) is 0 Å². The van der Waals surface area contributed by atoms with Crippen LogP contribution < -0.4 is 5.56 Å². The van der Waals surface area contributed by atoms with Crippen LogP contribution in [-0.2, 0) is 13.5 Å². The number of aromatic nitrogens is 3. The molecule has 25 heavy (non-hydrogen) atoms. The van der Waals surface area contributed by atoms with Gasteiger partial charge in [-0.25, -0.2) is 0 Å². The van der Waals surface area contributed by atoms with E-state index in [-0.39, 0.29) is 22.9 Å². The maximum absolute atomic E-state index is 12.7. The van der Waals surface area contributed by atoms with E-state index < -0.39 is 0 Å². The molecule has 1 amide bonds. The lowest BCUT2D eigenvalue weighted by Crippen LogP contribution is -2.42. The Morgan fingerprint density at radius 1 is 1.36 bits per heavy atom. The van der Waals surface area contributed by atoms with E-state index in [2.05, 4.69) is 10.1 Å². The fourth-order valence-corrected chi connectivity index (χ4v) is 3.45. The molecule has 0 bridgehead atoms. The van der Waals surface area contributed by atoms with Gasteiger partial charge in [0.1, 0.15) is 5.56 Å². The van der Waals surface area contributed by atoms with Crippen LogP contribution in [0.1, 0.15) is 53.7 Å². The molecule has 0 N–H and O–H groups in total. The van der Waals surface area contributed by atoms with Crippen molar-refractivity contribution in [2.75, 3.05) is 13.1 Å². The van der Waals surface area contributed by atoms with Gasteiger partial charge in [0.2, 0.25) is 5.89 Å². The zero-order valence-electron chi connectivity index (χ0n) is 14.4. The molecule has 2 aromatic rings. The highest BCUT2D eigenvalue weighted by atomic mass is 16.5. The number of carbonyl (C=O) groups excluding carboxylic acids is 1. The number of amides is 1. The van der Waals surface area contributed by atoms with Crippen molar-refractivity contribution < 1.29 is 9.32 Å². The van der Waals surface area contributed by atoms with Gasteiger partial charge < -0.3 is 14.0 Å². The second-order valence-corrected chi connectivity index (χ2v) is 7.12. The second-order valence-electron chi connectivity index (χ2n) is 7.12. The summed E-state index contributed by atoms with van der Waals surface area (Å²) < 4.78 is 6.80. The largest absolute Gasteiger partial charge is 0.339 e. The van der Waals surface area contributed by atoms with E-state index in [0.717, 1.165) is 31.5 Å². The van der Waals surface area contributed by atoms with E-state index in [4.69, 9.17) is 4.52 Å². The first kappa shape index (κ1) is 16.1. The van der Waals surface area contributed by atoms with Crippen molar-refractivity contribution in [1.82, 2.24) is 19.6 Å². The predicted octanol–water partition coefficient (Wildman–Crippen LogP) is 1.74. The fraction of sp³-hybridized carbons (Fsp3) is 0.556. The summed E-state index contributed by atoms with van der Waals surface area (Å²) in [5, 5.41) is 4.06. The highest BCUT2D eigenvalue weighted by Crippen LogP contribution is 2.38. The van der Waals surface area contributed by atoms with Crippen molar-refractivity contribution in [1.29, 1.82) is 0 Å². The third kappa shape index (κ3) is 3.36. The van der Waals surface area contributed by atoms with E-state index in [9.17, 15) is 9.59 Å². The first-order valence-corrected chi connectivity index (χ1v) is 8.89. The summed E-state index contributed by atoms with van der Waals surface area (Å²) in [6.07, 6.45) is 6.60. The molecule has 0 spiro atoms. The molecule has 132 valence electrons. The van der Waals surface area contributed by atoms with Crippen LogP contribution in [0.15, 0.2) is 27.6 Å². The molecule has 2 fully saturated rings. The molecule has 7 heteroatoms. The normalized spacial score (nSPS) is 20.7. The smallest absolute Gasteiger partial charge is 0.263 e. The van der Waals surface area contributed by atoms with Crippen LogP contribution in [0.4, 0.5) is 0 Å². The Bertz CT molecular complexity index is 837. The van der Waals surface area contributed by atoms with E-state index in [1.807, 2.05) is 0 Å². The average molecular weight is 342 g/mol. The Hall–Kier alpha value is -2.44. The number of carbonyl (C=O) groups is 1. The molecule has 1 aliphatic heterocycles. The van der Waals surface area contributed by atoms with Gasteiger partial charge in [-0.05, 0) is 43.7 Å². The Labute approximate surface area is 145 Å². The van der Waals surface area contributed by atoms with Gasteiger partial charge in [0, 0.05) is 38.7 Å². The van der Waals surface area contributed by atoms with Crippen LogP contribution in [0.3, 0.4) is 0 Å². The van der Waals surface area contributed by atoms with Crippen molar-refractivity contribution in [3.63, 3.8) is 0 Å². The Balaban J connectivity index is 1.43. The monoisotopic (exact) mass is 342 g/mol. The maximum atomic E-state index is 12.7. The topological polar surface area (TPSA) is 81.2 Å². The minimum absolute atomic E-state index is 0.185. The summed E-state index contributed by atoms with van der Waals surface area (Å²) in [4.78, 5) is 31.2. The van der Waals surface area contributed by atoms with Crippen molar-refractivity contribution >= 4 is 5.91 Å². The van der Waals surface area contributed by atoms with Gasteiger partial charge in [0.05, 0.1) is 0 Å². The maximum Gasteiger partial charge on any atom is 0.263 e. The van der Waals surface area contributed by atoms with Crippen LogP contribution in [0, 0.1) is 5.92 Å². The van der Waals surface area contributed by atoms with Crippen molar-refractivity contribution in [3.05, 3.63) is 46.0 Å². The number of piperidine rings is 1. The second kappa shape index (κ2) is 6.46. The summed E-state index contributed by atoms with van der Waals surface area (Å²) in [6, 6.07) is 3.34. The summed E-state index contributed by atoms with van der Waals surface area (Å²) >= 11 is 0. The fourth-order valence-electron chi connectivity index (χ4n) is 3.45. The molecular formula is C18H22N4O3. The summed E-state index contributed by atoms with van der Waals surface area (Å²) in [5.41, 5.74) is -0.0138. The minimum Gasteiger partial charge on any atom is -0.339 e. The van der Waals surface area contributed by atoms with Gasteiger partial charge in [-0.3, -0.25) is 9.59 Å². The van der Waals surface area contributed by atoms with Gasteiger partial charge >= 0.3 is 0 Å². The van der Waals surface area contributed by atoms with E-state index >= 15 is 0 Å². The van der Waals surface area contributed by atoms with Gasteiger partial charge in [0.25, 0.3) is 11.5 Å². The van der Waals surface area contributed by atoms with Gasteiger partial charge in [-0.2, -0.15) is 4.98 Å². The highest BCUT2D eigenvalue weighted by molar-refractivity contribution is 5.93. The first-order valence-electron chi connectivity index (χ1n) is 8.89. The van der Waals surface area contributed by atoms with Crippen LogP contribution in [-0.4, -0.2) is 38.6 Å². The van der Waals surface area contributed by atoms with Gasteiger partial charge in [-0.15, -0.1) is 0 Å². The standard InChI is InChI=1S/C18H22N4O3/c1-21-8-3-5-14(17(21)23)18(24)22-9-2-4-12(11-22)10-15-19-16(20-25-15)13-6-7-13/h3,5,8,12-13H,2,4,6-7,9-11H2,1H3. The Morgan fingerprint density at radius 3 is 3.00 bits per heavy atom. The number of hydrogen-bond donors (Lipinski definition) is 0. The molecule has 1 saturated carbocycles. The lowest BCUT2D eigenvalue weighted by Gasteiger charge is -2.32.